The van der Waals surface area contributed by atoms with Crippen LogP contribution in [-0.2, 0) is 4.79 Å². The minimum atomic E-state index is -0.766. The summed E-state index contributed by atoms with van der Waals surface area (Å²) in [5, 5.41) is 2.82. The van der Waals surface area contributed by atoms with Gasteiger partial charge in [-0.15, -0.1) is 0 Å². The van der Waals surface area contributed by atoms with Crippen molar-refractivity contribution < 1.29 is 18.4 Å². The maximum Gasteiger partial charge on any atom is 0.254 e. The van der Waals surface area contributed by atoms with Crippen LogP contribution in [0.4, 0.5) is 8.78 Å². The Morgan fingerprint density at radius 1 is 1.09 bits per heavy atom. The van der Waals surface area contributed by atoms with Crippen LogP contribution < -0.4 is 5.32 Å². The molecule has 0 radical (unpaired) electrons. The maximum absolute atomic E-state index is 13.2. The highest BCUT2D eigenvalue weighted by Crippen LogP contribution is 2.12. The van der Waals surface area contributed by atoms with Gasteiger partial charge in [0.05, 0.1) is 6.54 Å². The van der Waals surface area contributed by atoms with Gasteiger partial charge in [0.2, 0.25) is 5.91 Å². The molecule has 0 atom stereocenters. The van der Waals surface area contributed by atoms with Crippen LogP contribution in [0, 0.1) is 11.6 Å². The molecule has 1 saturated heterocycles. The summed E-state index contributed by atoms with van der Waals surface area (Å²) in [6, 6.07) is 2.90. The molecule has 1 aromatic carbocycles. The molecule has 1 aliphatic heterocycles. The summed E-state index contributed by atoms with van der Waals surface area (Å²) in [7, 11) is 0. The summed E-state index contributed by atoms with van der Waals surface area (Å²) in [5.74, 6) is -1.98. The third-order valence-electron chi connectivity index (χ3n) is 3.59. The summed E-state index contributed by atoms with van der Waals surface area (Å²) in [6.45, 7) is 6.02. The maximum atomic E-state index is 13.2. The largest absolute Gasteiger partial charge is 0.353 e. The Bertz CT molecular complexity index is 564. The predicted octanol–water partition coefficient (Wildman–Crippen LogP) is 1.25. The molecule has 1 fully saturated rings. The van der Waals surface area contributed by atoms with Gasteiger partial charge in [-0.25, -0.2) is 8.78 Å². The van der Waals surface area contributed by atoms with E-state index in [-0.39, 0.29) is 24.1 Å². The number of carbonyl (C=O) groups excluding carboxylic acids is 2. The molecule has 0 bridgehead atoms. The first-order chi connectivity index (χ1) is 10.8. The third kappa shape index (κ3) is 4.99. The number of hydrogen-bond donors (Lipinski definition) is 1. The summed E-state index contributed by atoms with van der Waals surface area (Å²) >= 11 is 0. The van der Waals surface area contributed by atoms with Crippen molar-refractivity contribution in [3.05, 3.63) is 35.4 Å². The van der Waals surface area contributed by atoms with Crippen molar-refractivity contribution in [1.29, 1.82) is 0 Å². The van der Waals surface area contributed by atoms with Gasteiger partial charge in [-0.3, -0.25) is 14.5 Å². The number of amides is 2. The van der Waals surface area contributed by atoms with E-state index in [1.165, 1.54) is 0 Å². The Morgan fingerprint density at radius 2 is 1.65 bits per heavy atom. The van der Waals surface area contributed by atoms with E-state index in [0.29, 0.717) is 26.2 Å². The number of piperazine rings is 1. The molecule has 1 heterocycles. The molecule has 0 unspecified atom stereocenters. The van der Waals surface area contributed by atoms with Crippen molar-refractivity contribution >= 4 is 11.8 Å². The zero-order valence-corrected chi connectivity index (χ0v) is 13.3. The molecular weight excluding hydrogens is 304 g/mol. The first-order valence-electron chi connectivity index (χ1n) is 7.62. The highest BCUT2D eigenvalue weighted by molar-refractivity contribution is 5.94. The number of carbonyl (C=O) groups is 2. The van der Waals surface area contributed by atoms with Crippen LogP contribution in [0.3, 0.4) is 0 Å². The zero-order valence-electron chi connectivity index (χ0n) is 13.3. The number of benzene rings is 1. The van der Waals surface area contributed by atoms with E-state index in [0.717, 1.165) is 18.2 Å². The number of nitrogens with zero attached hydrogens (tertiary/aromatic N) is 2. The summed E-state index contributed by atoms with van der Waals surface area (Å²) in [5.41, 5.74) is 0.00787. The first-order valence-corrected chi connectivity index (χ1v) is 7.62. The number of nitrogens with one attached hydrogen (secondary N) is 1. The van der Waals surface area contributed by atoms with Crippen molar-refractivity contribution in [2.75, 3.05) is 32.7 Å². The fraction of sp³-hybridized carbons (Fsp3) is 0.500. The van der Waals surface area contributed by atoms with Gasteiger partial charge in [0.25, 0.3) is 5.91 Å². The van der Waals surface area contributed by atoms with E-state index in [1.54, 1.807) is 4.90 Å². The Kier molecular flexibility index (Phi) is 5.65. The lowest BCUT2D eigenvalue weighted by molar-refractivity contribution is -0.123. The highest BCUT2D eigenvalue weighted by atomic mass is 19.1. The molecular formula is C16H21F2N3O2. The number of halogens is 2. The van der Waals surface area contributed by atoms with Gasteiger partial charge in [0.1, 0.15) is 11.6 Å². The van der Waals surface area contributed by atoms with Crippen LogP contribution in [0.2, 0.25) is 0 Å². The minimum absolute atomic E-state index is 0.00787. The Morgan fingerprint density at radius 3 is 2.17 bits per heavy atom. The van der Waals surface area contributed by atoms with Crippen molar-refractivity contribution in [2.24, 2.45) is 0 Å². The van der Waals surface area contributed by atoms with Crippen molar-refractivity contribution in [3.63, 3.8) is 0 Å². The molecule has 0 aromatic heterocycles. The Balaban J connectivity index is 1.88. The minimum Gasteiger partial charge on any atom is -0.353 e. The lowest BCUT2D eigenvalue weighted by Crippen LogP contribution is -2.51. The molecule has 2 rings (SSSR count). The molecule has 23 heavy (non-hydrogen) atoms. The second-order valence-electron chi connectivity index (χ2n) is 5.95. The van der Waals surface area contributed by atoms with Crippen molar-refractivity contribution in [2.45, 2.75) is 19.9 Å². The SMILES string of the molecule is CC(C)NC(=O)CN1CCN(C(=O)c2cc(F)cc(F)c2)CC1. The molecule has 1 aliphatic rings. The van der Waals surface area contributed by atoms with Gasteiger partial charge in [0.15, 0.2) is 0 Å². The molecule has 7 heteroatoms. The van der Waals surface area contributed by atoms with E-state index < -0.39 is 17.5 Å². The second-order valence-corrected chi connectivity index (χ2v) is 5.95. The van der Waals surface area contributed by atoms with E-state index >= 15 is 0 Å². The molecule has 126 valence electrons. The topological polar surface area (TPSA) is 52.7 Å². The zero-order chi connectivity index (χ0) is 17.0. The Hall–Kier alpha value is -2.02. The van der Waals surface area contributed by atoms with Crippen LogP contribution >= 0.6 is 0 Å². The number of rotatable bonds is 4. The fourth-order valence-corrected chi connectivity index (χ4v) is 2.54. The number of hydrogen-bond acceptors (Lipinski definition) is 3. The van der Waals surface area contributed by atoms with Gasteiger partial charge in [-0.05, 0) is 26.0 Å². The van der Waals surface area contributed by atoms with Crippen LogP contribution in [-0.4, -0.2) is 60.4 Å². The van der Waals surface area contributed by atoms with Crippen LogP contribution in [0.15, 0.2) is 18.2 Å². The normalized spacial score (nSPS) is 15.8. The van der Waals surface area contributed by atoms with Gasteiger partial charge >= 0.3 is 0 Å². The Labute approximate surface area is 134 Å². The van der Waals surface area contributed by atoms with E-state index in [2.05, 4.69) is 5.32 Å². The summed E-state index contributed by atoms with van der Waals surface area (Å²) in [4.78, 5) is 27.5. The highest BCUT2D eigenvalue weighted by Gasteiger charge is 2.24. The molecule has 5 nitrogen and oxygen atoms in total. The monoisotopic (exact) mass is 325 g/mol. The smallest absolute Gasteiger partial charge is 0.254 e. The first kappa shape index (κ1) is 17.3. The van der Waals surface area contributed by atoms with Gasteiger partial charge in [-0.2, -0.15) is 0 Å². The van der Waals surface area contributed by atoms with Gasteiger partial charge in [-0.1, -0.05) is 0 Å². The van der Waals surface area contributed by atoms with E-state index in [4.69, 9.17) is 0 Å². The third-order valence-corrected chi connectivity index (χ3v) is 3.59. The lowest BCUT2D eigenvalue weighted by Gasteiger charge is -2.34. The van der Waals surface area contributed by atoms with E-state index in [9.17, 15) is 18.4 Å². The second kappa shape index (κ2) is 7.50. The predicted molar refractivity (Wildman–Crippen MR) is 82.0 cm³/mol. The molecule has 1 aromatic rings. The van der Waals surface area contributed by atoms with Crippen molar-refractivity contribution in [1.82, 2.24) is 15.1 Å². The fourth-order valence-electron chi connectivity index (χ4n) is 2.54. The van der Waals surface area contributed by atoms with Gasteiger partial charge in [0, 0.05) is 43.9 Å². The average molecular weight is 325 g/mol. The standard InChI is InChI=1S/C16H21F2N3O2/c1-11(2)19-15(22)10-20-3-5-21(6-4-20)16(23)12-7-13(17)9-14(18)8-12/h7-9,11H,3-6,10H2,1-2H3,(H,19,22). The molecule has 2 amide bonds. The molecule has 0 saturated carbocycles. The average Bonchev–Trinajstić information content (AvgIpc) is 2.45. The van der Waals surface area contributed by atoms with Crippen LogP contribution in [0.5, 0.6) is 0 Å². The molecule has 0 spiro atoms. The molecule has 1 N–H and O–H groups in total. The quantitative estimate of drug-likeness (QED) is 0.906. The van der Waals surface area contributed by atoms with Crippen LogP contribution in [0.1, 0.15) is 24.2 Å². The summed E-state index contributed by atoms with van der Waals surface area (Å²) < 4.78 is 26.4. The van der Waals surface area contributed by atoms with Gasteiger partial charge < -0.3 is 10.2 Å². The lowest BCUT2D eigenvalue weighted by atomic mass is 10.1. The summed E-state index contributed by atoms with van der Waals surface area (Å²) in [6.07, 6.45) is 0. The van der Waals surface area contributed by atoms with Crippen molar-refractivity contribution in [3.8, 4) is 0 Å². The molecule has 0 aliphatic carbocycles. The van der Waals surface area contributed by atoms with Crippen LogP contribution in [0.25, 0.3) is 0 Å². The van der Waals surface area contributed by atoms with E-state index in [1.807, 2.05) is 18.7 Å².